The van der Waals surface area contributed by atoms with Crippen molar-refractivity contribution in [1.29, 1.82) is 0 Å². The number of rotatable bonds is 6. The third-order valence-electron chi connectivity index (χ3n) is 5.87. The molecule has 1 N–H and O–H groups in total. The number of nitrogens with one attached hydrogen (secondary N) is 1. The maximum atomic E-state index is 14.9. The molecular weight excluding hydrogens is 450 g/mol. The van der Waals surface area contributed by atoms with Crippen molar-refractivity contribution in [2.24, 2.45) is 0 Å². The minimum Gasteiger partial charge on any atom is -0.496 e. The molecule has 5 rings (SSSR count). The van der Waals surface area contributed by atoms with Crippen molar-refractivity contribution in [1.82, 2.24) is 0 Å². The Morgan fingerprint density at radius 1 is 0.914 bits per heavy atom. The van der Waals surface area contributed by atoms with E-state index in [4.69, 9.17) is 9.47 Å². The zero-order valence-corrected chi connectivity index (χ0v) is 18.9. The van der Waals surface area contributed by atoms with Crippen molar-refractivity contribution in [2.45, 2.75) is 12.8 Å². The average molecular weight is 472 g/mol. The summed E-state index contributed by atoms with van der Waals surface area (Å²) in [6.07, 6.45) is -0.676. The minimum absolute atomic E-state index is 0.152. The lowest BCUT2D eigenvalue weighted by Gasteiger charge is -2.38. The Hall–Kier alpha value is -4.39. The van der Waals surface area contributed by atoms with E-state index in [1.807, 2.05) is 24.3 Å². The van der Waals surface area contributed by atoms with Crippen molar-refractivity contribution >= 4 is 17.3 Å². The number of para-hydroxylation sites is 2. The van der Waals surface area contributed by atoms with Crippen LogP contribution in [-0.2, 0) is 6.61 Å². The van der Waals surface area contributed by atoms with Gasteiger partial charge in [-0.1, -0.05) is 30.3 Å². The second-order valence-electron chi connectivity index (χ2n) is 8.03. The van der Waals surface area contributed by atoms with Crippen LogP contribution < -0.4 is 19.7 Å². The molecule has 7 heteroatoms. The van der Waals surface area contributed by atoms with Gasteiger partial charge in [0.25, 0.3) is 5.91 Å². The molecule has 0 saturated heterocycles. The van der Waals surface area contributed by atoms with Crippen molar-refractivity contribution < 1.29 is 23.0 Å². The smallest absolute Gasteiger partial charge is 0.262 e. The molecule has 4 aromatic rings. The number of nitrogens with zero attached hydrogens (tertiary/aromatic N) is 1. The maximum absolute atomic E-state index is 14.9. The van der Waals surface area contributed by atoms with Crippen LogP contribution in [0, 0.1) is 11.6 Å². The number of carbonyl (C=O) groups is 1. The largest absolute Gasteiger partial charge is 0.496 e. The molecule has 0 spiro atoms. The highest BCUT2D eigenvalue weighted by atomic mass is 19.1. The topological polar surface area (TPSA) is 50.8 Å². The number of amides is 1. The van der Waals surface area contributed by atoms with Gasteiger partial charge in [-0.3, -0.25) is 9.69 Å². The van der Waals surface area contributed by atoms with Gasteiger partial charge in [-0.05, 0) is 66.2 Å². The lowest BCUT2D eigenvalue weighted by molar-refractivity contribution is 0.0974. The Morgan fingerprint density at radius 3 is 2.43 bits per heavy atom. The van der Waals surface area contributed by atoms with Gasteiger partial charge < -0.3 is 14.8 Å². The van der Waals surface area contributed by atoms with Gasteiger partial charge in [0.1, 0.15) is 35.9 Å². The summed E-state index contributed by atoms with van der Waals surface area (Å²) in [7, 11) is 1.56. The third-order valence-corrected chi connectivity index (χ3v) is 5.87. The summed E-state index contributed by atoms with van der Waals surface area (Å²) in [5, 5.41) is 3.38. The summed E-state index contributed by atoms with van der Waals surface area (Å²) in [6, 6.07) is 24.5. The Bertz CT molecular complexity index is 1370. The summed E-state index contributed by atoms with van der Waals surface area (Å²) in [5.74, 6) is -0.0594. The van der Waals surface area contributed by atoms with Crippen LogP contribution in [0.5, 0.6) is 11.5 Å². The minimum atomic E-state index is -0.676. The first-order chi connectivity index (χ1) is 17.0. The first-order valence-electron chi connectivity index (χ1n) is 11.0. The van der Waals surface area contributed by atoms with Crippen LogP contribution in [0.15, 0.2) is 91.0 Å². The summed E-state index contributed by atoms with van der Waals surface area (Å²) in [4.78, 5) is 15.0. The molecule has 176 valence electrons. The third kappa shape index (κ3) is 4.40. The fourth-order valence-electron chi connectivity index (χ4n) is 4.16. The van der Waals surface area contributed by atoms with Crippen molar-refractivity contribution in [3.8, 4) is 11.5 Å². The number of hydrogen-bond donors (Lipinski definition) is 1. The van der Waals surface area contributed by atoms with E-state index in [1.54, 1.807) is 55.6 Å². The van der Waals surface area contributed by atoms with E-state index in [9.17, 15) is 13.6 Å². The van der Waals surface area contributed by atoms with E-state index in [-0.39, 0.29) is 24.0 Å². The zero-order valence-electron chi connectivity index (χ0n) is 18.9. The molecule has 1 unspecified atom stereocenters. The average Bonchev–Trinajstić information content (AvgIpc) is 2.89. The van der Waals surface area contributed by atoms with Crippen molar-refractivity contribution in [3.63, 3.8) is 0 Å². The number of hydrogen-bond acceptors (Lipinski definition) is 4. The van der Waals surface area contributed by atoms with E-state index in [0.717, 1.165) is 11.1 Å². The molecule has 5 nitrogen and oxygen atoms in total. The standard InChI is InChI=1S/C28H22F2N2O3/c1-34-26-15-10-18(16-19(26)17-35-21-13-11-20(29)12-14-21)27-31-24-8-4-2-6-22(24)28(33)32(27)25-9-5-3-7-23(25)30/h2-16,27,31H,17H2,1H3. The lowest BCUT2D eigenvalue weighted by atomic mass is 10.0. The van der Waals surface area contributed by atoms with Crippen LogP contribution in [0.4, 0.5) is 20.2 Å². The second-order valence-corrected chi connectivity index (χ2v) is 8.03. The zero-order chi connectivity index (χ0) is 24.4. The van der Waals surface area contributed by atoms with E-state index in [0.29, 0.717) is 22.7 Å². The molecular formula is C28H22F2N2O3. The number of methoxy groups -OCH3 is 1. The van der Waals surface area contributed by atoms with Crippen LogP contribution >= 0.6 is 0 Å². The van der Waals surface area contributed by atoms with Gasteiger partial charge in [-0.15, -0.1) is 0 Å². The van der Waals surface area contributed by atoms with Crippen LogP contribution in [0.2, 0.25) is 0 Å². The fourth-order valence-corrected chi connectivity index (χ4v) is 4.16. The van der Waals surface area contributed by atoms with Crippen molar-refractivity contribution in [3.05, 3.63) is 119 Å². The monoisotopic (exact) mass is 472 g/mol. The first kappa shape index (κ1) is 22.4. The van der Waals surface area contributed by atoms with Gasteiger partial charge in [0.2, 0.25) is 0 Å². The number of ether oxygens (including phenoxy) is 2. The Kier molecular flexibility index (Phi) is 6.06. The van der Waals surface area contributed by atoms with Gasteiger partial charge in [-0.2, -0.15) is 0 Å². The quantitative estimate of drug-likeness (QED) is 0.357. The summed E-state index contributed by atoms with van der Waals surface area (Å²) in [5.41, 5.74) is 2.73. The van der Waals surface area contributed by atoms with Gasteiger partial charge in [0.15, 0.2) is 0 Å². The number of benzene rings is 4. The highest BCUT2D eigenvalue weighted by molar-refractivity contribution is 6.12. The van der Waals surface area contributed by atoms with Gasteiger partial charge in [0, 0.05) is 11.3 Å². The second kappa shape index (κ2) is 9.46. The van der Waals surface area contributed by atoms with E-state index in [1.165, 1.54) is 23.1 Å². The molecule has 1 aliphatic rings. The summed E-state index contributed by atoms with van der Waals surface area (Å²) >= 11 is 0. The van der Waals surface area contributed by atoms with Gasteiger partial charge in [0.05, 0.1) is 18.4 Å². The summed E-state index contributed by atoms with van der Waals surface area (Å²) in [6.45, 7) is 0.152. The Balaban J connectivity index is 1.54. The van der Waals surface area contributed by atoms with E-state index >= 15 is 0 Å². The molecule has 1 atom stereocenters. The Labute approximate surface area is 201 Å². The Morgan fingerprint density at radius 2 is 1.66 bits per heavy atom. The number of carbonyl (C=O) groups excluding carboxylic acids is 1. The molecule has 0 aromatic heterocycles. The highest BCUT2D eigenvalue weighted by Gasteiger charge is 2.35. The molecule has 0 radical (unpaired) electrons. The molecule has 0 fully saturated rings. The molecule has 1 amide bonds. The summed E-state index contributed by atoms with van der Waals surface area (Å²) < 4.78 is 39.4. The van der Waals surface area contributed by atoms with E-state index in [2.05, 4.69) is 5.32 Å². The maximum Gasteiger partial charge on any atom is 0.262 e. The molecule has 0 bridgehead atoms. The fraction of sp³-hybridized carbons (Fsp3) is 0.107. The SMILES string of the molecule is COc1ccc(C2Nc3ccccc3C(=O)N2c2ccccc2F)cc1COc1ccc(F)cc1. The first-order valence-corrected chi connectivity index (χ1v) is 11.0. The van der Waals surface area contributed by atoms with Crippen LogP contribution in [0.1, 0.15) is 27.7 Å². The molecule has 35 heavy (non-hydrogen) atoms. The number of halogens is 2. The number of fused-ring (bicyclic) bond motifs is 1. The molecule has 1 heterocycles. The molecule has 0 saturated carbocycles. The number of anilines is 2. The van der Waals surface area contributed by atoms with Crippen LogP contribution in [0.3, 0.4) is 0 Å². The van der Waals surface area contributed by atoms with Crippen LogP contribution in [-0.4, -0.2) is 13.0 Å². The highest BCUT2D eigenvalue weighted by Crippen LogP contribution is 2.38. The normalized spacial score (nSPS) is 14.8. The molecule has 4 aromatic carbocycles. The molecule has 0 aliphatic carbocycles. The lowest BCUT2D eigenvalue weighted by Crippen LogP contribution is -2.43. The van der Waals surface area contributed by atoms with Gasteiger partial charge >= 0.3 is 0 Å². The van der Waals surface area contributed by atoms with Crippen LogP contribution in [0.25, 0.3) is 0 Å². The van der Waals surface area contributed by atoms with Crippen molar-refractivity contribution in [2.75, 3.05) is 17.3 Å². The van der Waals surface area contributed by atoms with Gasteiger partial charge in [-0.25, -0.2) is 8.78 Å². The molecule has 1 aliphatic heterocycles. The predicted molar refractivity (Wildman–Crippen MR) is 130 cm³/mol. The van der Waals surface area contributed by atoms with E-state index < -0.39 is 12.0 Å². The predicted octanol–water partition coefficient (Wildman–Crippen LogP) is 6.32.